The highest BCUT2D eigenvalue weighted by Crippen LogP contribution is 2.43. The van der Waals surface area contributed by atoms with Crippen LogP contribution in [0.25, 0.3) is 0 Å². The number of carbonyl (C=O) groups is 2. The van der Waals surface area contributed by atoms with E-state index in [0.29, 0.717) is 20.3 Å². The van der Waals surface area contributed by atoms with E-state index in [1.807, 2.05) is 6.07 Å². The first-order valence-corrected chi connectivity index (χ1v) is 15.4. The number of aryl methyl sites for hydroxylation is 1. The lowest BCUT2D eigenvalue weighted by molar-refractivity contribution is -0.242. The van der Waals surface area contributed by atoms with Crippen LogP contribution in [-0.4, -0.2) is 79.0 Å². The number of benzene rings is 1. The lowest BCUT2D eigenvalue weighted by Gasteiger charge is -2.41. The fourth-order valence-corrected chi connectivity index (χ4v) is 6.29. The normalized spacial score (nSPS) is 21.2. The third kappa shape index (κ3) is 7.04. The zero-order valence-electron chi connectivity index (χ0n) is 24.8. The smallest absolute Gasteiger partial charge is 0.427 e. The van der Waals surface area contributed by atoms with Crippen LogP contribution >= 0.6 is 0 Å². The molecule has 1 aromatic carbocycles. The van der Waals surface area contributed by atoms with E-state index < -0.39 is 52.6 Å². The van der Waals surface area contributed by atoms with Crippen LogP contribution in [0.2, 0.25) is 0 Å². The number of amides is 2. The van der Waals surface area contributed by atoms with Crippen LogP contribution < -0.4 is 24.4 Å². The number of hydrogen-bond acceptors (Lipinski definition) is 10. The number of anilines is 2. The van der Waals surface area contributed by atoms with Gasteiger partial charge in [-0.2, -0.15) is 18.4 Å². The summed E-state index contributed by atoms with van der Waals surface area (Å²) in [6, 6.07) is 4.82. The molecule has 4 rings (SSSR count). The van der Waals surface area contributed by atoms with Crippen LogP contribution in [0.3, 0.4) is 0 Å². The molecule has 1 aromatic heterocycles. The van der Waals surface area contributed by atoms with Gasteiger partial charge in [0.2, 0.25) is 11.5 Å². The molecule has 18 heteroatoms. The second-order valence-electron chi connectivity index (χ2n) is 11.0. The molecule has 0 spiro atoms. The Morgan fingerprint density at radius 2 is 2.00 bits per heavy atom. The summed E-state index contributed by atoms with van der Waals surface area (Å²) in [6.45, 7) is 4.09. The van der Waals surface area contributed by atoms with E-state index in [1.54, 1.807) is 6.92 Å². The van der Waals surface area contributed by atoms with Crippen LogP contribution in [0.5, 0.6) is 11.6 Å². The first kappa shape index (κ1) is 33.6. The number of carbonyl (C=O) groups excluding carboxylic acids is 2. The van der Waals surface area contributed by atoms with Gasteiger partial charge in [0, 0.05) is 18.4 Å². The highest BCUT2D eigenvalue weighted by atomic mass is 32.2. The Hall–Kier alpha value is -4.24. The summed E-state index contributed by atoms with van der Waals surface area (Å²) in [5, 5.41) is 27.3. The summed E-state index contributed by atoms with van der Waals surface area (Å²) in [5.41, 5.74) is -2.99. The molecule has 0 bridgehead atoms. The summed E-state index contributed by atoms with van der Waals surface area (Å²) < 4.78 is 86.7. The minimum Gasteiger partial charge on any atom is -0.484 e. The second kappa shape index (κ2) is 12.6. The van der Waals surface area contributed by atoms with Crippen LogP contribution in [0.1, 0.15) is 34.1 Å². The Labute approximate surface area is 257 Å². The van der Waals surface area contributed by atoms with Crippen molar-refractivity contribution in [2.24, 2.45) is 11.8 Å². The summed E-state index contributed by atoms with van der Waals surface area (Å²) >= 11 is 0. The molecule has 2 amide bonds. The maximum atomic E-state index is 14.3. The summed E-state index contributed by atoms with van der Waals surface area (Å²) in [6.07, 6.45) is -5.56. The largest absolute Gasteiger partial charge is 0.484 e. The van der Waals surface area contributed by atoms with Crippen LogP contribution in [0.4, 0.5) is 29.3 Å². The zero-order chi connectivity index (χ0) is 33.3. The molecule has 14 nitrogen and oxygen atoms in total. The summed E-state index contributed by atoms with van der Waals surface area (Å²) in [5.74, 6) is -1.49. The average Bonchev–Trinajstić information content (AvgIpc) is 3.63. The Morgan fingerprint density at radius 1 is 1.29 bits per heavy atom. The molecule has 1 aliphatic carbocycles. The zero-order valence-corrected chi connectivity index (χ0v) is 25.6. The molecule has 0 saturated heterocycles. The van der Waals surface area contributed by atoms with Crippen molar-refractivity contribution in [2.45, 2.75) is 69.5 Å². The average molecular weight is 659 g/mol. The van der Waals surface area contributed by atoms with Gasteiger partial charge in [-0.15, -0.1) is 5.10 Å². The predicted octanol–water partition coefficient (Wildman–Crippen LogP) is 2.78. The molecule has 246 valence electrons. The van der Waals surface area contributed by atoms with Gasteiger partial charge in [-0.05, 0) is 52.3 Å². The maximum absolute atomic E-state index is 14.3. The van der Waals surface area contributed by atoms with E-state index in [-0.39, 0.29) is 59.4 Å². The molecule has 0 radical (unpaired) electrons. The number of alkyl halides is 3. The van der Waals surface area contributed by atoms with Gasteiger partial charge in [0.1, 0.15) is 18.5 Å². The van der Waals surface area contributed by atoms with Gasteiger partial charge in [0.05, 0.1) is 42.8 Å². The van der Waals surface area contributed by atoms with Crippen molar-refractivity contribution in [3.8, 4) is 17.7 Å². The van der Waals surface area contributed by atoms with E-state index in [2.05, 4.69) is 20.5 Å². The molecule has 4 atom stereocenters. The van der Waals surface area contributed by atoms with Crippen molar-refractivity contribution in [3.05, 3.63) is 24.4 Å². The summed E-state index contributed by atoms with van der Waals surface area (Å²) in [7, 11) is -4.54. The minimum atomic E-state index is -4.85. The van der Waals surface area contributed by atoms with E-state index in [9.17, 15) is 36.3 Å². The van der Waals surface area contributed by atoms with Gasteiger partial charge in [0.25, 0.3) is 15.9 Å². The Balaban J connectivity index is 1.70. The maximum Gasteiger partial charge on any atom is 0.427 e. The lowest BCUT2D eigenvalue weighted by atomic mass is 10.1. The SMILES string of the molecule is CCn1cc(S(=O)(=O)N2c3cc(NC(=O)OC(C)(C)C(F)(F)F)ccc3O[C@@H](CNC(=O)[C@@H]3CC3C#N)[C@H]2C)c(OCCO)n1. The van der Waals surface area contributed by atoms with E-state index in [1.165, 1.54) is 36.0 Å². The van der Waals surface area contributed by atoms with Crippen molar-refractivity contribution >= 4 is 33.4 Å². The highest BCUT2D eigenvalue weighted by molar-refractivity contribution is 7.93. The molecular formula is C27H33F3N6O8S. The number of nitrogens with one attached hydrogen (secondary N) is 2. The van der Waals surface area contributed by atoms with E-state index in [4.69, 9.17) is 14.7 Å². The van der Waals surface area contributed by atoms with E-state index >= 15 is 0 Å². The number of halogens is 3. The monoisotopic (exact) mass is 658 g/mol. The standard InChI is InChI=1S/C27H33F3N6O8S/c1-5-35-14-22(24(34-35)42-9-8-37)45(40,41)36-15(2)21(13-32-23(38)18-10-16(18)12-31)43-20-7-6-17(11-19(20)36)33-25(39)44-26(3,4)27(28,29)30/h6-7,11,14-16,18,21,37H,5,8-10,13H2,1-4H3,(H,32,38)(H,33,39)/t15-,16?,18-,21+/m1/s1. The fourth-order valence-electron chi connectivity index (χ4n) is 4.52. The Morgan fingerprint density at radius 3 is 2.60 bits per heavy atom. The number of sulfonamides is 1. The third-order valence-corrected chi connectivity index (χ3v) is 9.20. The van der Waals surface area contributed by atoms with Crippen molar-refractivity contribution < 1.29 is 50.5 Å². The number of aliphatic hydroxyl groups is 1. The fraction of sp³-hybridized carbons (Fsp3) is 0.556. The third-order valence-electron chi connectivity index (χ3n) is 7.32. The molecule has 2 aliphatic rings. The van der Waals surface area contributed by atoms with Gasteiger partial charge in [0.15, 0.2) is 4.90 Å². The minimum absolute atomic E-state index is 0.0208. The topological polar surface area (TPSA) is 185 Å². The van der Waals surface area contributed by atoms with Crippen molar-refractivity contribution in [1.29, 1.82) is 5.26 Å². The van der Waals surface area contributed by atoms with Gasteiger partial charge in [-0.25, -0.2) is 13.2 Å². The molecule has 45 heavy (non-hydrogen) atoms. The number of ether oxygens (including phenoxy) is 3. The Kier molecular flexibility index (Phi) is 9.45. The number of nitrogens with zero attached hydrogens (tertiary/aromatic N) is 4. The molecule has 1 aliphatic heterocycles. The molecule has 1 unspecified atom stereocenters. The van der Waals surface area contributed by atoms with Crippen LogP contribution in [0.15, 0.2) is 29.3 Å². The molecule has 2 heterocycles. The molecule has 1 saturated carbocycles. The number of fused-ring (bicyclic) bond motifs is 1. The van der Waals surface area contributed by atoms with Gasteiger partial charge in [-0.1, -0.05) is 0 Å². The predicted molar refractivity (Wildman–Crippen MR) is 151 cm³/mol. The van der Waals surface area contributed by atoms with Crippen LogP contribution in [0, 0.1) is 23.2 Å². The molecule has 3 N–H and O–H groups in total. The first-order chi connectivity index (χ1) is 21.0. The number of hydrogen-bond donors (Lipinski definition) is 3. The number of nitriles is 1. The number of aliphatic hydroxyl groups excluding tert-OH is 1. The quantitative estimate of drug-likeness (QED) is 0.324. The van der Waals surface area contributed by atoms with Crippen molar-refractivity contribution in [2.75, 3.05) is 29.4 Å². The van der Waals surface area contributed by atoms with Gasteiger partial charge in [-0.3, -0.25) is 19.1 Å². The van der Waals surface area contributed by atoms with E-state index in [0.717, 1.165) is 4.31 Å². The number of rotatable bonds is 11. The summed E-state index contributed by atoms with van der Waals surface area (Å²) in [4.78, 5) is 24.6. The van der Waals surface area contributed by atoms with Gasteiger partial charge >= 0.3 is 12.3 Å². The van der Waals surface area contributed by atoms with Crippen molar-refractivity contribution in [1.82, 2.24) is 15.1 Å². The molecule has 1 fully saturated rings. The molecular weight excluding hydrogens is 625 g/mol. The number of aromatic nitrogens is 2. The van der Waals surface area contributed by atoms with Gasteiger partial charge < -0.3 is 24.6 Å². The van der Waals surface area contributed by atoms with Crippen LogP contribution in [-0.2, 0) is 26.1 Å². The Bertz CT molecular complexity index is 1590. The first-order valence-electron chi connectivity index (χ1n) is 13.9. The highest BCUT2D eigenvalue weighted by Gasteiger charge is 2.51. The molecule has 2 aromatic rings. The van der Waals surface area contributed by atoms with Crippen molar-refractivity contribution in [3.63, 3.8) is 0 Å². The lowest BCUT2D eigenvalue weighted by Crippen LogP contribution is -2.54. The second-order valence-corrected chi connectivity index (χ2v) is 12.7.